The van der Waals surface area contributed by atoms with Gasteiger partial charge in [-0.1, -0.05) is 54.6 Å². The van der Waals surface area contributed by atoms with Crippen molar-refractivity contribution in [3.63, 3.8) is 0 Å². The van der Waals surface area contributed by atoms with E-state index in [0.29, 0.717) is 29.8 Å². The maximum absolute atomic E-state index is 13.1. The first-order valence-corrected chi connectivity index (χ1v) is 12.9. The lowest BCUT2D eigenvalue weighted by atomic mass is 9.90. The van der Waals surface area contributed by atoms with E-state index in [9.17, 15) is 41.6 Å². The molecule has 0 atom stereocenters. The molecule has 3 aromatic rings. The standard InChI is InChI=1S/C27H25F6N3O3S/c1-18-2-11-23(36(38)39)16-24(18)40-35-14-12-34(13-15-35)17-19-3-5-20(6-4-19)21-7-9-22(10-8-21)25(37,26(28,29)30)27(31,32)33/h2-11,16,37H,12-15,17H2,1H3. The fourth-order valence-corrected chi connectivity index (χ4v) is 5.38. The molecule has 1 aliphatic heterocycles. The predicted molar refractivity (Wildman–Crippen MR) is 138 cm³/mol. The van der Waals surface area contributed by atoms with Gasteiger partial charge in [0.1, 0.15) is 0 Å². The van der Waals surface area contributed by atoms with Gasteiger partial charge in [-0.25, -0.2) is 4.31 Å². The van der Waals surface area contributed by atoms with Gasteiger partial charge in [0.15, 0.2) is 0 Å². The minimum absolute atomic E-state index is 0.0512. The molecule has 1 aliphatic rings. The lowest BCUT2D eigenvalue weighted by Crippen LogP contribution is -2.53. The highest BCUT2D eigenvalue weighted by molar-refractivity contribution is 7.97. The van der Waals surface area contributed by atoms with E-state index in [1.54, 1.807) is 24.3 Å². The molecule has 0 aromatic heterocycles. The Balaban J connectivity index is 1.35. The number of nitro benzene ring substituents is 1. The van der Waals surface area contributed by atoms with Crippen LogP contribution < -0.4 is 0 Å². The van der Waals surface area contributed by atoms with Crippen molar-refractivity contribution in [3.05, 3.63) is 93.5 Å². The van der Waals surface area contributed by atoms with Gasteiger partial charge in [-0.15, -0.1) is 0 Å². The molecule has 0 aliphatic carbocycles. The molecule has 214 valence electrons. The summed E-state index contributed by atoms with van der Waals surface area (Å²) in [6.45, 7) is 5.60. The summed E-state index contributed by atoms with van der Waals surface area (Å²) in [7, 11) is 0. The van der Waals surface area contributed by atoms with Crippen LogP contribution in [0.5, 0.6) is 0 Å². The molecular formula is C27H25F6N3O3S. The molecular weight excluding hydrogens is 560 g/mol. The summed E-state index contributed by atoms with van der Waals surface area (Å²) in [5.41, 5.74) is -3.25. The van der Waals surface area contributed by atoms with Gasteiger partial charge in [-0.3, -0.25) is 15.0 Å². The Bertz CT molecular complexity index is 1330. The number of hydrogen-bond donors (Lipinski definition) is 1. The summed E-state index contributed by atoms with van der Waals surface area (Å²) in [6, 6.07) is 15.5. The van der Waals surface area contributed by atoms with E-state index in [1.807, 2.05) is 19.1 Å². The van der Waals surface area contributed by atoms with Crippen molar-refractivity contribution in [2.24, 2.45) is 0 Å². The van der Waals surface area contributed by atoms with Gasteiger partial charge >= 0.3 is 12.4 Å². The van der Waals surface area contributed by atoms with E-state index in [0.717, 1.165) is 54.3 Å². The zero-order valence-electron chi connectivity index (χ0n) is 21.2. The SMILES string of the molecule is Cc1ccc([N+](=O)[O-])cc1SN1CCN(Cc2ccc(-c3ccc(C(O)(C(F)(F)F)C(F)(F)F)cc3)cc2)CC1. The first-order valence-electron chi connectivity index (χ1n) is 12.1. The van der Waals surface area contributed by atoms with Gasteiger partial charge in [0.05, 0.1) is 4.92 Å². The normalized spacial score (nSPS) is 15.8. The maximum Gasteiger partial charge on any atom is 0.430 e. The largest absolute Gasteiger partial charge is 0.430 e. The third-order valence-corrected chi connectivity index (χ3v) is 8.02. The minimum Gasteiger partial charge on any atom is -0.369 e. The van der Waals surface area contributed by atoms with Crippen LogP contribution >= 0.6 is 11.9 Å². The molecule has 1 heterocycles. The number of nitro groups is 1. The number of aliphatic hydroxyl groups is 1. The topological polar surface area (TPSA) is 69.9 Å². The van der Waals surface area contributed by atoms with Crippen molar-refractivity contribution in [2.75, 3.05) is 26.2 Å². The Labute approximate surface area is 230 Å². The summed E-state index contributed by atoms with van der Waals surface area (Å²) in [6.07, 6.45) is -11.9. The van der Waals surface area contributed by atoms with Gasteiger partial charge in [-0.2, -0.15) is 26.3 Å². The zero-order valence-corrected chi connectivity index (χ0v) is 22.0. The molecule has 40 heavy (non-hydrogen) atoms. The highest BCUT2D eigenvalue weighted by atomic mass is 32.2. The molecule has 6 nitrogen and oxygen atoms in total. The van der Waals surface area contributed by atoms with E-state index in [-0.39, 0.29) is 5.69 Å². The Hall–Kier alpha value is -3.13. The third kappa shape index (κ3) is 6.27. The van der Waals surface area contributed by atoms with Gasteiger partial charge in [0.2, 0.25) is 0 Å². The lowest BCUT2D eigenvalue weighted by Gasteiger charge is -2.34. The Kier molecular flexibility index (Phi) is 8.50. The number of alkyl halides is 6. The van der Waals surface area contributed by atoms with Crippen LogP contribution in [0, 0.1) is 17.0 Å². The maximum atomic E-state index is 13.1. The number of non-ortho nitro benzene ring substituents is 1. The van der Waals surface area contributed by atoms with Gasteiger partial charge in [0, 0.05) is 55.3 Å². The number of benzene rings is 3. The van der Waals surface area contributed by atoms with Gasteiger partial charge in [0.25, 0.3) is 11.3 Å². The molecule has 4 rings (SSSR count). The van der Waals surface area contributed by atoms with E-state index < -0.39 is 28.4 Å². The van der Waals surface area contributed by atoms with Gasteiger partial charge < -0.3 is 5.11 Å². The highest BCUT2D eigenvalue weighted by Gasteiger charge is 2.71. The van der Waals surface area contributed by atoms with Crippen LogP contribution in [0.2, 0.25) is 0 Å². The van der Waals surface area contributed by atoms with Crippen molar-refractivity contribution >= 4 is 17.6 Å². The number of piperazine rings is 1. The second kappa shape index (κ2) is 11.4. The lowest BCUT2D eigenvalue weighted by molar-refractivity contribution is -0.385. The first kappa shape index (κ1) is 29.8. The summed E-state index contributed by atoms with van der Waals surface area (Å²) in [5, 5.41) is 20.6. The van der Waals surface area contributed by atoms with Crippen molar-refractivity contribution in [1.82, 2.24) is 9.21 Å². The smallest absolute Gasteiger partial charge is 0.369 e. The first-order chi connectivity index (χ1) is 18.7. The Morgan fingerprint density at radius 2 is 1.38 bits per heavy atom. The Morgan fingerprint density at radius 1 is 0.850 bits per heavy atom. The second-order valence-corrected chi connectivity index (χ2v) is 10.6. The molecule has 3 aromatic carbocycles. The van der Waals surface area contributed by atoms with Crippen LogP contribution in [0.3, 0.4) is 0 Å². The van der Waals surface area contributed by atoms with Crippen molar-refractivity contribution in [1.29, 1.82) is 0 Å². The third-order valence-electron chi connectivity index (χ3n) is 6.76. The quantitative estimate of drug-likeness (QED) is 0.144. The number of hydrogen-bond acceptors (Lipinski definition) is 6. The molecule has 0 bridgehead atoms. The molecule has 0 unspecified atom stereocenters. The van der Waals surface area contributed by atoms with Gasteiger partial charge in [-0.05, 0) is 41.1 Å². The van der Waals surface area contributed by atoms with Crippen LogP contribution in [0.1, 0.15) is 16.7 Å². The molecule has 13 heteroatoms. The molecule has 0 radical (unpaired) electrons. The van der Waals surface area contributed by atoms with Crippen LogP contribution in [0.15, 0.2) is 71.6 Å². The summed E-state index contributed by atoms with van der Waals surface area (Å²) >= 11 is 1.50. The fraction of sp³-hybridized carbons (Fsp3) is 0.333. The van der Waals surface area contributed by atoms with E-state index in [4.69, 9.17) is 0 Å². The predicted octanol–water partition coefficient (Wildman–Crippen LogP) is 6.71. The molecule has 0 amide bonds. The number of rotatable bonds is 7. The van der Waals surface area contributed by atoms with Crippen molar-refractivity contribution in [2.45, 2.75) is 36.3 Å². The molecule has 0 spiro atoms. The number of halogens is 6. The van der Waals surface area contributed by atoms with E-state index in [1.165, 1.54) is 18.0 Å². The molecule has 1 saturated heterocycles. The van der Waals surface area contributed by atoms with E-state index in [2.05, 4.69) is 9.21 Å². The minimum atomic E-state index is -5.93. The van der Waals surface area contributed by atoms with Crippen molar-refractivity contribution in [3.8, 4) is 11.1 Å². The molecule has 0 saturated carbocycles. The summed E-state index contributed by atoms with van der Waals surface area (Å²) in [4.78, 5) is 13.8. The number of aryl methyl sites for hydroxylation is 1. The van der Waals surface area contributed by atoms with Crippen LogP contribution in [-0.4, -0.2) is 57.8 Å². The summed E-state index contributed by atoms with van der Waals surface area (Å²) < 4.78 is 80.9. The average molecular weight is 586 g/mol. The van der Waals surface area contributed by atoms with Crippen LogP contribution in [-0.2, 0) is 12.1 Å². The Morgan fingerprint density at radius 3 is 1.88 bits per heavy atom. The van der Waals surface area contributed by atoms with Crippen LogP contribution in [0.25, 0.3) is 11.1 Å². The van der Waals surface area contributed by atoms with E-state index >= 15 is 0 Å². The number of nitrogens with zero attached hydrogens (tertiary/aromatic N) is 3. The van der Waals surface area contributed by atoms with Crippen LogP contribution in [0.4, 0.5) is 32.0 Å². The average Bonchev–Trinajstić information content (AvgIpc) is 2.89. The molecule has 1 fully saturated rings. The molecule has 1 N–H and O–H groups in total. The zero-order chi connectivity index (χ0) is 29.3. The second-order valence-electron chi connectivity index (χ2n) is 9.48. The fourth-order valence-electron chi connectivity index (χ4n) is 4.37. The van der Waals surface area contributed by atoms with Crippen molar-refractivity contribution < 1.29 is 36.4 Å². The monoisotopic (exact) mass is 585 g/mol. The highest BCUT2D eigenvalue weighted by Crippen LogP contribution is 2.50. The summed E-state index contributed by atoms with van der Waals surface area (Å²) in [5.74, 6) is 0.